The third-order valence-electron chi connectivity index (χ3n) is 6.94. The zero-order chi connectivity index (χ0) is 22.5. The van der Waals surface area contributed by atoms with Crippen molar-refractivity contribution >= 4 is 11.6 Å². The van der Waals surface area contributed by atoms with E-state index < -0.39 is 5.82 Å². The van der Waals surface area contributed by atoms with E-state index in [0.717, 1.165) is 24.8 Å². The smallest absolute Gasteiger partial charge is 0.142 e. The van der Waals surface area contributed by atoms with E-state index >= 15 is 0 Å². The standard InChI is InChI=1S/C29H31ClF2/c1-2-3-20-6-11-23(12-7-20)24-13-8-21(9-14-24)4-5-22-10-16-26(28(31)18-22)25-15-17-27(30)29(32)19-25/h6-7,10-12,15-19,21,24H,2-5,8-9,13-14H2,1H3/t21-,24-. The molecule has 0 amide bonds. The predicted molar refractivity (Wildman–Crippen MR) is 130 cm³/mol. The number of rotatable bonds is 7. The van der Waals surface area contributed by atoms with Gasteiger partial charge in [0.1, 0.15) is 11.6 Å². The van der Waals surface area contributed by atoms with Crippen LogP contribution in [0.2, 0.25) is 5.02 Å². The molecule has 0 unspecified atom stereocenters. The summed E-state index contributed by atoms with van der Waals surface area (Å²) in [7, 11) is 0. The normalized spacial score (nSPS) is 18.6. The lowest BCUT2D eigenvalue weighted by atomic mass is 9.76. The van der Waals surface area contributed by atoms with Crippen LogP contribution in [0.4, 0.5) is 8.78 Å². The Morgan fingerprint density at radius 2 is 1.50 bits per heavy atom. The number of halogens is 3. The topological polar surface area (TPSA) is 0 Å². The zero-order valence-electron chi connectivity index (χ0n) is 18.7. The highest BCUT2D eigenvalue weighted by Gasteiger charge is 2.22. The first-order chi connectivity index (χ1) is 15.5. The number of hydrogen-bond donors (Lipinski definition) is 0. The third-order valence-corrected chi connectivity index (χ3v) is 7.25. The Labute approximate surface area is 195 Å². The molecule has 168 valence electrons. The number of hydrogen-bond acceptors (Lipinski definition) is 0. The second kappa shape index (κ2) is 10.6. The van der Waals surface area contributed by atoms with Crippen LogP contribution in [-0.4, -0.2) is 0 Å². The third kappa shape index (κ3) is 5.59. The molecular formula is C29H31ClF2. The van der Waals surface area contributed by atoms with E-state index in [1.807, 2.05) is 6.07 Å². The van der Waals surface area contributed by atoms with Crippen LogP contribution in [0.25, 0.3) is 11.1 Å². The molecular weight excluding hydrogens is 422 g/mol. The van der Waals surface area contributed by atoms with Crippen LogP contribution in [0.5, 0.6) is 0 Å². The first-order valence-corrected chi connectivity index (χ1v) is 12.2. The van der Waals surface area contributed by atoms with Gasteiger partial charge in [0.05, 0.1) is 5.02 Å². The lowest BCUT2D eigenvalue weighted by Crippen LogP contribution is -2.14. The first-order valence-electron chi connectivity index (χ1n) is 11.9. The first kappa shape index (κ1) is 23.0. The highest BCUT2D eigenvalue weighted by Crippen LogP contribution is 2.38. The van der Waals surface area contributed by atoms with E-state index in [0.29, 0.717) is 23.0 Å². The van der Waals surface area contributed by atoms with E-state index in [2.05, 4.69) is 31.2 Å². The highest BCUT2D eigenvalue weighted by atomic mass is 35.5. The fourth-order valence-corrected chi connectivity index (χ4v) is 5.13. The van der Waals surface area contributed by atoms with Crippen molar-refractivity contribution in [1.29, 1.82) is 0 Å². The van der Waals surface area contributed by atoms with Crippen LogP contribution in [-0.2, 0) is 12.8 Å². The predicted octanol–water partition coefficient (Wildman–Crippen LogP) is 9.14. The molecule has 0 bridgehead atoms. The second-order valence-corrected chi connectivity index (χ2v) is 9.60. The van der Waals surface area contributed by atoms with E-state index in [9.17, 15) is 8.78 Å². The molecule has 0 radical (unpaired) electrons. The van der Waals surface area contributed by atoms with Crippen molar-refractivity contribution in [2.75, 3.05) is 0 Å². The van der Waals surface area contributed by atoms with Gasteiger partial charge in [-0.2, -0.15) is 0 Å². The molecule has 3 heteroatoms. The Kier molecular flexibility index (Phi) is 7.63. The molecule has 0 spiro atoms. The van der Waals surface area contributed by atoms with Crippen molar-refractivity contribution in [2.45, 2.75) is 64.2 Å². The van der Waals surface area contributed by atoms with Crippen LogP contribution < -0.4 is 0 Å². The number of aryl methyl sites for hydroxylation is 2. The molecule has 0 heterocycles. The Morgan fingerprint density at radius 3 is 2.16 bits per heavy atom. The van der Waals surface area contributed by atoms with Gasteiger partial charge >= 0.3 is 0 Å². The summed E-state index contributed by atoms with van der Waals surface area (Å²) in [5, 5.41) is 0.0500. The summed E-state index contributed by atoms with van der Waals surface area (Å²) in [4.78, 5) is 0. The van der Waals surface area contributed by atoms with Gasteiger partial charge in [0, 0.05) is 5.56 Å². The molecule has 3 aromatic rings. The summed E-state index contributed by atoms with van der Waals surface area (Å²) in [6, 6.07) is 19.0. The van der Waals surface area contributed by atoms with Crippen molar-refractivity contribution in [3.05, 3.63) is 94.0 Å². The van der Waals surface area contributed by atoms with E-state index in [1.54, 1.807) is 18.2 Å². The van der Waals surface area contributed by atoms with Gasteiger partial charge in [-0.05, 0) is 97.2 Å². The fraction of sp³-hybridized carbons (Fsp3) is 0.379. The maximum absolute atomic E-state index is 14.7. The molecule has 0 aliphatic heterocycles. The van der Waals surface area contributed by atoms with E-state index in [4.69, 9.17) is 11.6 Å². The molecule has 0 aromatic heterocycles. The minimum Gasteiger partial charge on any atom is -0.206 e. The highest BCUT2D eigenvalue weighted by molar-refractivity contribution is 6.30. The SMILES string of the molecule is CCCc1ccc([C@H]2CC[C@H](CCc3ccc(-c4ccc(Cl)c(F)c4)c(F)c3)CC2)cc1. The van der Waals surface area contributed by atoms with Crippen LogP contribution in [0.3, 0.4) is 0 Å². The van der Waals surface area contributed by atoms with Gasteiger partial charge in [-0.3, -0.25) is 0 Å². The number of benzene rings is 3. The minimum absolute atomic E-state index is 0.0500. The van der Waals surface area contributed by atoms with Gasteiger partial charge < -0.3 is 0 Å². The van der Waals surface area contributed by atoms with Gasteiger partial charge in [0.25, 0.3) is 0 Å². The summed E-state index contributed by atoms with van der Waals surface area (Å²) in [6.45, 7) is 2.22. The van der Waals surface area contributed by atoms with E-state index in [1.165, 1.54) is 55.4 Å². The van der Waals surface area contributed by atoms with Gasteiger partial charge in [-0.1, -0.05) is 67.4 Å². The molecule has 32 heavy (non-hydrogen) atoms. The summed E-state index contributed by atoms with van der Waals surface area (Å²) in [6.07, 6.45) is 9.30. The van der Waals surface area contributed by atoms with Crippen LogP contribution in [0.1, 0.15) is 68.1 Å². The Balaban J connectivity index is 1.30. The lowest BCUT2D eigenvalue weighted by molar-refractivity contribution is 0.310. The van der Waals surface area contributed by atoms with E-state index in [-0.39, 0.29) is 10.8 Å². The summed E-state index contributed by atoms with van der Waals surface area (Å²) in [5.41, 5.74) is 4.85. The lowest BCUT2D eigenvalue weighted by Gasteiger charge is -2.29. The van der Waals surface area contributed by atoms with Gasteiger partial charge in [-0.25, -0.2) is 8.78 Å². The maximum atomic E-state index is 14.7. The molecule has 3 aromatic carbocycles. The molecule has 0 nitrogen and oxygen atoms in total. The van der Waals surface area contributed by atoms with Crippen molar-refractivity contribution in [3.8, 4) is 11.1 Å². The van der Waals surface area contributed by atoms with Gasteiger partial charge in [0.15, 0.2) is 0 Å². The summed E-state index contributed by atoms with van der Waals surface area (Å²) < 4.78 is 28.4. The molecule has 1 aliphatic carbocycles. The van der Waals surface area contributed by atoms with Crippen molar-refractivity contribution < 1.29 is 8.78 Å². The monoisotopic (exact) mass is 452 g/mol. The molecule has 1 saturated carbocycles. The molecule has 0 saturated heterocycles. The Hall–Kier alpha value is -2.19. The van der Waals surface area contributed by atoms with Crippen molar-refractivity contribution in [2.24, 2.45) is 5.92 Å². The molecule has 4 rings (SSSR count). The van der Waals surface area contributed by atoms with Crippen molar-refractivity contribution in [3.63, 3.8) is 0 Å². The molecule has 0 N–H and O–H groups in total. The fourth-order valence-electron chi connectivity index (χ4n) is 5.01. The quantitative estimate of drug-likeness (QED) is 0.335. The van der Waals surface area contributed by atoms with Gasteiger partial charge in [-0.15, -0.1) is 0 Å². The Morgan fingerprint density at radius 1 is 0.781 bits per heavy atom. The zero-order valence-corrected chi connectivity index (χ0v) is 19.5. The maximum Gasteiger partial charge on any atom is 0.142 e. The van der Waals surface area contributed by atoms with Crippen LogP contribution >= 0.6 is 11.6 Å². The summed E-state index contributed by atoms with van der Waals surface area (Å²) >= 11 is 5.74. The molecule has 0 atom stereocenters. The minimum atomic E-state index is -0.528. The van der Waals surface area contributed by atoms with Crippen LogP contribution in [0, 0.1) is 17.6 Å². The largest absolute Gasteiger partial charge is 0.206 e. The van der Waals surface area contributed by atoms with Gasteiger partial charge in [0.2, 0.25) is 0 Å². The van der Waals surface area contributed by atoms with Crippen LogP contribution in [0.15, 0.2) is 60.7 Å². The average Bonchev–Trinajstić information content (AvgIpc) is 2.81. The van der Waals surface area contributed by atoms with Crippen molar-refractivity contribution in [1.82, 2.24) is 0 Å². The second-order valence-electron chi connectivity index (χ2n) is 9.19. The Bertz CT molecular complexity index is 1030. The summed E-state index contributed by atoms with van der Waals surface area (Å²) in [5.74, 6) is 0.553. The molecule has 1 aliphatic rings. The average molecular weight is 453 g/mol. The molecule has 1 fully saturated rings.